The zero-order chi connectivity index (χ0) is 25.3. The van der Waals surface area contributed by atoms with Crippen LogP contribution in [0.3, 0.4) is 0 Å². The van der Waals surface area contributed by atoms with E-state index in [0.29, 0.717) is 25.9 Å². The van der Waals surface area contributed by atoms with Gasteiger partial charge in [0, 0.05) is 12.5 Å². The molecule has 34 heavy (non-hydrogen) atoms. The summed E-state index contributed by atoms with van der Waals surface area (Å²) in [5.74, 6) is -0.0808. The van der Waals surface area contributed by atoms with Crippen LogP contribution >= 0.6 is 0 Å². The van der Waals surface area contributed by atoms with E-state index in [0.717, 1.165) is 44.9 Å². The molecule has 6 nitrogen and oxygen atoms in total. The van der Waals surface area contributed by atoms with E-state index in [-0.39, 0.29) is 17.9 Å². The average molecular weight is 483 g/mol. The Hall–Kier alpha value is -1.14. The lowest BCUT2D eigenvalue weighted by molar-refractivity contribution is -0.129. The van der Waals surface area contributed by atoms with E-state index < -0.39 is 6.04 Å². The van der Waals surface area contributed by atoms with E-state index >= 15 is 0 Å². The van der Waals surface area contributed by atoms with E-state index in [1.807, 2.05) is 6.92 Å². The number of unbranched alkanes of at least 4 members (excludes halogenated alkanes) is 14. The number of carbonyl (C=O) groups excluding carboxylic acids is 2. The molecule has 0 bridgehead atoms. The van der Waals surface area contributed by atoms with E-state index in [1.165, 1.54) is 70.6 Å². The third kappa shape index (κ3) is 21.4. The van der Waals surface area contributed by atoms with Crippen LogP contribution < -0.4 is 22.1 Å². The Morgan fingerprint density at radius 3 is 1.59 bits per heavy atom. The molecule has 0 unspecified atom stereocenters. The summed E-state index contributed by atoms with van der Waals surface area (Å²) in [7, 11) is 0. The number of hydrogen-bond donors (Lipinski definition) is 4. The molecule has 0 aromatic heterocycles. The van der Waals surface area contributed by atoms with Crippen molar-refractivity contribution in [2.75, 3.05) is 13.1 Å². The van der Waals surface area contributed by atoms with Crippen molar-refractivity contribution in [3.63, 3.8) is 0 Å². The molecule has 0 aliphatic rings. The van der Waals surface area contributed by atoms with Gasteiger partial charge in [-0.2, -0.15) is 0 Å². The summed E-state index contributed by atoms with van der Waals surface area (Å²) in [6.07, 6.45) is 22.5. The van der Waals surface area contributed by atoms with Crippen LogP contribution in [0.5, 0.6) is 0 Å². The lowest BCUT2D eigenvalue weighted by Gasteiger charge is -2.21. The number of nitrogens with one attached hydrogen (secondary N) is 2. The van der Waals surface area contributed by atoms with Gasteiger partial charge in [-0.3, -0.25) is 9.59 Å². The Morgan fingerprint density at radius 2 is 1.09 bits per heavy atom. The molecule has 0 saturated carbocycles. The van der Waals surface area contributed by atoms with Crippen molar-refractivity contribution < 1.29 is 9.59 Å². The molecule has 0 heterocycles. The molecule has 0 fully saturated rings. The third-order valence-corrected chi connectivity index (χ3v) is 6.59. The zero-order valence-electron chi connectivity index (χ0n) is 22.7. The fourth-order valence-corrected chi connectivity index (χ4v) is 4.34. The van der Waals surface area contributed by atoms with Crippen LogP contribution in [0.4, 0.5) is 0 Å². The first-order valence-electron chi connectivity index (χ1n) is 14.5. The van der Waals surface area contributed by atoms with Crippen molar-refractivity contribution in [1.82, 2.24) is 10.6 Å². The van der Waals surface area contributed by atoms with Gasteiger partial charge in [-0.05, 0) is 58.5 Å². The Labute approximate surface area is 211 Å². The van der Waals surface area contributed by atoms with Crippen molar-refractivity contribution in [2.45, 2.75) is 154 Å². The predicted octanol–water partition coefficient (Wildman–Crippen LogP) is 5.72. The molecule has 0 spiro atoms. The van der Waals surface area contributed by atoms with Gasteiger partial charge in [-0.25, -0.2) is 0 Å². The van der Waals surface area contributed by atoms with Crippen LogP contribution in [0.25, 0.3) is 0 Å². The topological polar surface area (TPSA) is 110 Å². The summed E-state index contributed by atoms with van der Waals surface area (Å²) >= 11 is 0. The fourth-order valence-electron chi connectivity index (χ4n) is 4.34. The lowest BCUT2D eigenvalue weighted by atomic mass is 10.0. The van der Waals surface area contributed by atoms with Crippen LogP contribution in [0.2, 0.25) is 0 Å². The molecular weight excluding hydrogens is 424 g/mol. The number of amides is 2. The standard InChI is InChI=1S/C28H58N4O2/c1-3-4-5-6-7-8-9-10-11-12-13-14-15-22-27(33)32-26(21-17-19-24-30)28(34)31-25(2)20-16-18-23-29/h25-26H,3-24,29-30H2,1-2H3,(H,31,34)(H,32,33)/t25-,26+/m1/s1. The minimum absolute atomic E-state index is 0.00763. The molecule has 0 aliphatic carbocycles. The molecule has 2 amide bonds. The number of carbonyl (C=O) groups is 2. The van der Waals surface area contributed by atoms with Gasteiger partial charge in [-0.1, -0.05) is 90.4 Å². The zero-order valence-corrected chi connectivity index (χ0v) is 22.7. The molecule has 6 N–H and O–H groups in total. The Bertz CT molecular complexity index is 473. The highest BCUT2D eigenvalue weighted by atomic mass is 16.2. The highest BCUT2D eigenvalue weighted by Crippen LogP contribution is 2.13. The normalized spacial score (nSPS) is 12.9. The number of hydrogen-bond acceptors (Lipinski definition) is 4. The number of rotatable bonds is 25. The first-order valence-corrected chi connectivity index (χ1v) is 14.5. The van der Waals surface area contributed by atoms with E-state index in [1.54, 1.807) is 0 Å². The summed E-state index contributed by atoms with van der Waals surface area (Å²) in [6, 6.07) is -0.369. The van der Waals surface area contributed by atoms with Crippen LogP contribution in [0, 0.1) is 0 Å². The Balaban J connectivity index is 3.97. The van der Waals surface area contributed by atoms with Gasteiger partial charge in [0.05, 0.1) is 0 Å². The van der Waals surface area contributed by atoms with Gasteiger partial charge in [0.2, 0.25) is 11.8 Å². The summed E-state index contributed by atoms with van der Waals surface area (Å²) in [5, 5.41) is 6.04. The molecule has 202 valence electrons. The van der Waals surface area contributed by atoms with Crippen molar-refractivity contribution in [1.29, 1.82) is 0 Å². The van der Waals surface area contributed by atoms with Gasteiger partial charge in [0.25, 0.3) is 0 Å². The first-order chi connectivity index (χ1) is 16.5. The lowest BCUT2D eigenvalue weighted by Crippen LogP contribution is -2.49. The molecular formula is C28H58N4O2. The molecule has 0 radical (unpaired) electrons. The Kier molecular flexibility index (Phi) is 24.1. The van der Waals surface area contributed by atoms with Gasteiger partial charge in [0.1, 0.15) is 6.04 Å². The van der Waals surface area contributed by atoms with Gasteiger partial charge in [-0.15, -0.1) is 0 Å². The van der Waals surface area contributed by atoms with E-state index in [4.69, 9.17) is 11.5 Å². The van der Waals surface area contributed by atoms with Crippen molar-refractivity contribution in [3.8, 4) is 0 Å². The average Bonchev–Trinajstić information content (AvgIpc) is 2.81. The SMILES string of the molecule is CCCCCCCCCCCCCCCC(=O)N[C@@H](CCCCN)C(=O)N[C@H](C)CCCCN. The molecule has 0 saturated heterocycles. The largest absolute Gasteiger partial charge is 0.352 e. The quantitative estimate of drug-likeness (QED) is 0.125. The monoisotopic (exact) mass is 482 g/mol. The summed E-state index contributed by atoms with van der Waals surface area (Å²) < 4.78 is 0. The van der Waals surface area contributed by atoms with Crippen LogP contribution in [0.1, 0.15) is 142 Å². The van der Waals surface area contributed by atoms with Gasteiger partial charge < -0.3 is 22.1 Å². The summed E-state index contributed by atoms with van der Waals surface area (Å²) in [5.41, 5.74) is 11.2. The molecule has 0 rings (SSSR count). The molecule has 0 aromatic carbocycles. The van der Waals surface area contributed by atoms with Crippen LogP contribution in [0.15, 0.2) is 0 Å². The minimum Gasteiger partial charge on any atom is -0.352 e. The molecule has 0 aromatic rings. The van der Waals surface area contributed by atoms with E-state index in [2.05, 4.69) is 17.6 Å². The smallest absolute Gasteiger partial charge is 0.242 e. The van der Waals surface area contributed by atoms with E-state index in [9.17, 15) is 9.59 Å². The molecule has 6 heteroatoms. The van der Waals surface area contributed by atoms with Crippen LogP contribution in [-0.2, 0) is 9.59 Å². The van der Waals surface area contributed by atoms with Gasteiger partial charge in [0.15, 0.2) is 0 Å². The second-order valence-electron chi connectivity index (χ2n) is 10.1. The second-order valence-corrected chi connectivity index (χ2v) is 10.1. The predicted molar refractivity (Wildman–Crippen MR) is 146 cm³/mol. The molecule has 2 atom stereocenters. The maximum Gasteiger partial charge on any atom is 0.242 e. The van der Waals surface area contributed by atoms with Gasteiger partial charge >= 0.3 is 0 Å². The summed E-state index contributed by atoms with van der Waals surface area (Å²) in [4.78, 5) is 25.2. The Morgan fingerprint density at radius 1 is 0.618 bits per heavy atom. The van der Waals surface area contributed by atoms with Crippen molar-refractivity contribution >= 4 is 11.8 Å². The highest BCUT2D eigenvalue weighted by molar-refractivity contribution is 5.87. The maximum absolute atomic E-state index is 12.7. The third-order valence-electron chi connectivity index (χ3n) is 6.59. The fraction of sp³-hybridized carbons (Fsp3) is 0.929. The minimum atomic E-state index is -0.460. The highest BCUT2D eigenvalue weighted by Gasteiger charge is 2.21. The summed E-state index contributed by atoms with van der Waals surface area (Å²) in [6.45, 7) is 5.57. The van der Waals surface area contributed by atoms with Crippen molar-refractivity contribution in [2.24, 2.45) is 11.5 Å². The second kappa shape index (κ2) is 25.0. The first kappa shape index (κ1) is 32.9. The van der Waals surface area contributed by atoms with Crippen LogP contribution in [-0.4, -0.2) is 37.0 Å². The number of nitrogens with two attached hydrogens (primary N) is 2. The maximum atomic E-state index is 12.7. The van der Waals surface area contributed by atoms with Crippen molar-refractivity contribution in [3.05, 3.63) is 0 Å². The molecule has 0 aliphatic heterocycles.